The number of pyridine rings is 1. The molecule has 0 atom stereocenters. The Morgan fingerprint density at radius 2 is 1.85 bits per heavy atom. The molecule has 1 N–H and O–H groups in total. The summed E-state index contributed by atoms with van der Waals surface area (Å²) in [6.07, 6.45) is 1.01. The van der Waals surface area contributed by atoms with Gasteiger partial charge in [0.1, 0.15) is 5.82 Å². The molecule has 2 aromatic rings. The number of aromatic nitrogens is 1. The molecule has 0 fully saturated rings. The minimum atomic E-state index is -0.548. The van der Waals surface area contributed by atoms with Crippen LogP contribution in [0.3, 0.4) is 0 Å². The summed E-state index contributed by atoms with van der Waals surface area (Å²) in [6, 6.07) is 6.29. The quantitative estimate of drug-likeness (QED) is 0.911. The fourth-order valence-electron chi connectivity index (χ4n) is 1.69. The van der Waals surface area contributed by atoms with E-state index in [0.29, 0.717) is 17.2 Å². The molecule has 0 amide bonds. The molecule has 5 nitrogen and oxygen atoms in total. The van der Waals surface area contributed by atoms with Crippen LogP contribution in [0.25, 0.3) is 0 Å². The molecule has 0 radical (unpaired) electrons. The molecule has 0 spiro atoms. The van der Waals surface area contributed by atoms with E-state index in [1.165, 1.54) is 14.2 Å². The van der Waals surface area contributed by atoms with Crippen molar-refractivity contribution in [2.75, 3.05) is 14.2 Å². The summed E-state index contributed by atoms with van der Waals surface area (Å²) < 4.78 is 29.1. The Bertz CT molecular complexity index is 581. The highest BCUT2D eigenvalue weighted by molar-refractivity contribution is 5.53. The number of nitrogens with zero attached hydrogens (tertiary/aromatic N) is 1. The van der Waals surface area contributed by atoms with Gasteiger partial charge in [-0.15, -0.1) is 0 Å². The number of methoxy groups -OCH3 is 2. The average Bonchev–Trinajstić information content (AvgIpc) is 2.49. The number of rotatable bonds is 5. The van der Waals surface area contributed by atoms with Gasteiger partial charge in [-0.3, -0.25) is 0 Å². The summed E-state index contributed by atoms with van der Waals surface area (Å²) in [6.45, 7) is -0.391. The van der Waals surface area contributed by atoms with Gasteiger partial charge in [0, 0.05) is 5.56 Å². The van der Waals surface area contributed by atoms with Crippen molar-refractivity contribution in [3.8, 4) is 23.1 Å². The van der Waals surface area contributed by atoms with Gasteiger partial charge in [0.2, 0.25) is 11.6 Å². The van der Waals surface area contributed by atoms with E-state index in [1.54, 1.807) is 18.2 Å². The van der Waals surface area contributed by atoms with E-state index in [4.69, 9.17) is 14.2 Å². The van der Waals surface area contributed by atoms with E-state index in [2.05, 4.69) is 4.98 Å². The lowest BCUT2D eigenvalue weighted by Crippen LogP contribution is -1.99. The van der Waals surface area contributed by atoms with Crippen LogP contribution < -0.4 is 14.2 Å². The first-order chi connectivity index (χ1) is 9.69. The van der Waals surface area contributed by atoms with Crippen molar-refractivity contribution in [3.05, 3.63) is 41.8 Å². The molecule has 1 aromatic carbocycles. The highest BCUT2D eigenvalue weighted by Gasteiger charge is 2.15. The summed E-state index contributed by atoms with van der Waals surface area (Å²) in [7, 11) is 2.99. The highest BCUT2D eigenvalue weighted by atomic mass is 19.1. The maximum absolute atomic E-state index is 13.1. The molecule has 0 aliphatic heterocycles. The number of benzene rings is 1. The molecule has 0 aliphatic rings. The summed E-state index contributed by atoms with van der Waals surface area (Å²) in [5.41, 5.74) is 0.234. The third-order valence-electron chi connectivity index (χ3n) is 2.64. The maximum Gasteiger partial charge on any atom is 0.225 e. The largest absolute Gasteiger partial charge is 0.493 e. The lowest BCUT2D eigenvalue weighted by Gasteiger charge is -2.14. The van der Waals surface area contributed by atoms with Gasteiger partial charge in [0.15, 0.2) is 11.5 Å². The van der Waals surface area contributed by atoms with E-state index in [0.717, 1.165) is 12.3 Å². The number of ether oxygens (including phenoxy) is 3. The van der Waals surface area contributed by atoms with E-state index < -0.39 is 12.4 Å². The van der Waals surface area contributed by atoms with Gasteiger partial charge in [0.05, 0.1) is 27.0 Å². The van der Waals surface area contributed by atoms with Crippen LogP contribution in [0.1, 0.15) is 5.56 Å². The Labute approximate surface area is 115 Å². The fraction of sp³-hybridized carbons (Fsp3) is 0.214. The van der Waals surface area contributed by atoms with Crippen LogP contribution in [-0.2, 0) is 6.61 Å². The molecule has 0 unspecified atom stereocenters. The number of halogens is 1. The van der Waals surface area contributed by atoms with Gasteiger partial charge in [-0.1, -0.05) is 6.07 Å². The zero-order valence-electron chi connectivity index (χ0n) is 11.1. The van der Waals surface area contributed by atoms with Crippen molar-refractivity contribution < 1.29 is 23.7 Å². The van der Waals surface area contributed by atoms with Gasteiger partial charge in [-0.05, 0) is 18.2 Å². The van der Waals surface area contributed by atoms with Crippen LogP contribution in [0.15, 0.2) is 30.5 Å². The first-order valence-corrected chi connectivity index (χ1v) is 5.83. The fourth-order valence-corrected chi connectivity index (χ4v) is 1.69. The lowest BCUT2D eigenvalue weighted by atomic mass is 10.2. The minimum Gasteiger partial charge on any atom is -0.493 e. The van der Waals surface area contributed by atoms with Crippen LogP contribution in [0.5, 0.6) is 23.1 Å². The second-order valence-corrected chi connectivity index (χ2v) is 3.87. The van der Waals surface area contributed by atoms with Crippen molar-refractivity contribution in [1.29, 1.82) is 0 Å². The Hall–Kier alpha value is -2.34. The standard InChI is InChI=1S/C14H14FNO4/c1-18-11-4-3-5-12(19-2)13(11)20-14-9(8-17)6-10(15)7-16-14/h3-7,17H,8H2,1-2H3. The first kappa shape index (κ1) is 14.1. The van der Waals surface area contributed by atoms with Crippen LogP contribution in [0.4, 0.5) is 4.39 Å². The molecule has 20 heavy (non-hydrogen) atoms. The second-order valence-electron chi connectivity index (χ2n) is 3.87. The van der Waals surface area contributed by atoms with Gasteiger partial charge in [-0.2, -0.15) is 0 Å². The molecular formula is C14H14FNO4. The summed E-state index contributed by atoms with van der Waals surface area (Å²) >= 11 is 0. The van der Waals surface area contributed by atoms with E-state index in [9.17, 15) is 9.50 Å². The SMILES string of the molecule is COc1cccc(OC)c1Oc1ncc(F)cc1CO. The number of hydrogen-bond donors (Lipinski definition) is 1. The Kier molecular flexibility index (Phi) is 4.37. The van der Waals surface area contributed by atoms with Crippen molar-refractivity contribution in [1.82, 2.24) is 4.98 Å². The predicted octanol–water partition coefficient (Wildman–Crippen LogP) is 2.52. The number of hydrogen-bond acceptors (Lipinski definition) is 5. The normalized spacial score (nSPS) is 10.2. The molecule has 0 saturated heterocycles. The maximum atomic E-state index is 13.1. The smallest absolute Gasteiger partial charge is 0.225 e. The van der Waals surface area contributed by atoms with Crippen molar-refractivity contribution >= 4 is 0 Å². The minimum absolute atomic E-state index is 0.0942. The van der Waals surface area contributed by atoms with Gasteiger partial charge in [0.25, 0.3) is 0 Å². The number of aliphatic hydroxyl groups is 1. The van der Waals surface area contributed by atoms with Crippen LogP contribution in [0, 0.1) is 5.82 Å². The molecule has 0 aliphatic carbocycles. The highest BCUT2D eigenvalue weighted by Crippen LogP contribution is 2.40. The van der Waals surface area contributed by atoms with Crippen molar-refractivity contribution in [2.45, 2.75) is 6.61 Å². The zero-order chi connectivity index (χ0) is 14.5. The van der Waals surface area contributed by atoms with E-state index in [-0.39, 0.29) is 11.4 Å². The molecule has 0 saturated carbocycles. The van der Waals surface area contributed by atoms with Gasteiger partial charge in [-0.25, -0.2) is 9.37 Å². The monoisotopic (exact) mass is 279 g/mol. The molecule has 106 valence electrons. The molecular weight excluding hydrogens is 265 g/mol. The summed E-state index contributed by atoms with van der Waals surface area (Å²) in [4.78, 5) is 3.83. The lowest BCUT2D eigenvalue weighted by molar-refractivity contribution is 0.271. The molecule has 0 bridgehead atoms. The van der Waals surface area contributed by atoms with E-state index >= 15 is 0 Å². The first-order valence-electron chi connectivity index (χ1n) is 5.83. The molecule has 6 heteroatoms. The second kappa shape index (κ2) is 6.21. The predicted molar refractivity (Wildman–Crippen MR) is 69.7 cm³/mol. The van der Waals surface area contributed by atoms with Crippen LogP contribution in [0.2, 0.25) is 0 Å². The summed E-state index contributed by atoms with van der Waals surface area (Å²) in [5.74, 6) is 0.745. The zero-order valence-corrected chi connectivity index (χ0v) is 11.1. The van der Waals surface area contributed by atoms with Crippen molar-refractivity contribution in [3.63, 3.8) is 0 Å². The van der Waals surface area contributed by atoms with Crippen molar-refractivity contribution in [2.24, 2.45) is 0 Å². The molecule has 1 aromatic heterocycles. The Morgan fingerprint density at radius 1 is 1.20 bits per heavy atom. The third kappa shape index (κ3) is 2.80. The molecule has 2 rings (SSSR count). The Balaban J connectivity index is 2.44. The molecule has 1 heterocycles. The topological polar surface area (TPSA) is 60.8 Å². The van der Waals surface area contributed by atoms with Crippen LogP contribution >= 0.6 is 0 Å². The Morgan fingerprint density at radius 3 is 2.40 bits per heavy atom. The summed E-state index contributed by atoms with van der Waals surface area (Å²) in [5, 5.41) is 9.22. The number of aliphatic hydroxyl groups excluding tert-OH is 1. The van der Waals surface area contributed by atoms with Gasteiger partial charge >= 0.3 is 0 Å². The van der Waals surface area contributed by atoms with Crippen LogP contribution in [-0.4, -0.2) is 24.3 Å². The number of para-hydroxylation sites is 1. The average molecular weight is 279 g/mol. The van der Waals surface area contributed by atoms with E-state index in [1.807, 2.05) is 0 Å². The van der Waals surface area contributed by atoms with Gasteiger partial charge < -0.3 is 19.3 Å². The third-order valence-corrected chi connectivity index (χ3v) is 2.64.